The van der Waals surface area contributed by atoms with E-state index in [1.54, 1.807) is 7.11 Å². The first-order chi connectivity index (χ1) is 16.5. The first-order valence-electron chi connectivity index (χ1n) is 13.7. The van der Waals surface area contributed by atoms with Gasteiger partial charge < -0.3 is 40.6 Å². The van der Waals surface area contributed by atoms with Gasteiger partial charge in [-0.3, -0.25) is 0 Å². The molecule has 8 heteroatoms. The van der Waals surface area contributed by atoms with Gasteiger partial charge in [0.25, 0.3) is 0 Å². The molecule has 1 fully saturated rings. The Bertz CT molecular complexity index is 457. The van der Waals surface area contributed by atoms with Gasteiger partial charge in [-0.1, -0.05) is 90.4 Å². The summed E-state index contributed by atoms with van der Waals surface area (Å²) >= 11 is 0. The number of aliphatic hydroxyl groups excluding tert-OH is 2. The minimum Gasteiger partial charge on any atom is -0.388 e. The molecule has 0 saturated carbocycles. The molecule has 6 atom stereocenters. The first kappa shape index (κ1) is 31.7. The van der Waals surface area contributed by atoms with Crippen LogP contribution in [0, 0.1) is 0 Å². The SMILES string of the molecule is CCCCCCCCCCCCCCCCOC[C@@H](COC1O[C@H](CN)[C@@H](O)[C@H](O)[C@H]1N)OC. The second-order valence-corrected chi connectivity index (χ2v) is 9.70. The number of methoxy groups -OCH3 is 1. The minimum absolute atomic E-state index is 0.0703. The predicted molar refractivity (Wildman–Crippen MR) is 136 cm³/mol. The molecule has 0 spiro atoms. The first-order valence-corrected chi connectivity index (χ1v) is 13.7. The molecule has 8 nitrogen and oxygen atoms in total. The van der Waals surface area contributed by atoms with E-state index in [4.69, 9.17) is 30.4 Å². The Morgan fingerprint density at radius 3 is 1.82 bits per heavy atom. The van der Waals surface area contributed by atoms with E-state index >= 15 is 0 Å². The quantitative estimate of drug-likeness (QED) is 0.170. The largest absolute Gasteiger partial charge is 0.388 e. The van der Waals surface area contributed by atoms with Gasteiger partial charge in [-0.2, -0.15) is 0 Å². The number of hydrogen-bond donors (Lipinski definition) is 4. The molecular weight excluding hydrogens is 436 g/mol. The van der Waals surface area contributed by atoms with Crippen molar-refractivity contribution in [2.24, 2.45) is 11.5 Å². The zero-order valence-electron chi connectivity index (χ0n) is 21.9. The van der Waals surface area contributed by atoms with Crippen LogP contribution < -0.4 is 11.5 Å². The monoisotopic (exact) mass is 490 g/mol. The average molecular weight is 491 g/mol. The Kier molecular flexibility index (Phi) is 19.4. The van der Waals surface area contributed by atoms with E-state index in [9.17, 15) is 10.2 Å². The van der Waals surface area contributed by atoms with E-state index in [2.05, 4.69) is 6.92 Å². The minimum atomic E-state index is -1.15. The van der Waals surface area contributed by atoms with Gasteiger partial charge >= 0.3 is 0 Å². The maximum Gasteiger partial charge on any atom is 0.175 e. The number of nitrogens with two attached hydrogens (primary N) is 2. The lowest BCUT2D eigenvalue weighted by atomic mass is 9.97. The lowest BCUT2D eigenvalue weighted by Crippen LogP contribution is -2.63. The second kappa shape index (κ2) is 20.8. The zero-order chi connectivity index (χ0) is 25.0. The van der Waals surface area contributed by atoms with E-state index < -0.39 is 30.6 Å². The third-order valence-corrected chi connectivity index (χ3v) is 6.71. The molecule has 1 unspecified atom stereocenters. The summed E-state index contributed by atoms with van der Waals surface area (Å²) in [6.45, 7) is 3.68. The number of aliphatic hydroxyl groups is 2. The van der Waals surface area contributed by atoms with Gasteiger partial charge in [0.05, 0.1) is 19.3 Å². The van der Waals surface area contributed by atoms with E-state index in [1.807, 2.05) is 0 Å². The maximum absolute atomic E-state index is 10.1. The summed E-state index contributed by atoms with van der Waals surface area (Å²) in [5.41, 5.74) is 11.5. The van der Waals surface area contributed by atoms with Crippen LogP contribution in [0.25, 0.3) is 0 Å². The fourth-order valence-corrected chi connectivity index (χ4v) is 4.30. The molecule has 0 amide bonds. The molecule has 0 bridgehead atoms. The molecule has 1 aliphatic rings. The van der Waals surface area contributed by atoms with Crippen molar-refractivity contribution in [3.63, 3.8) is 0 Å². The van der Waals surface area contributed by atoms with Gasteiger partial charge in [-0.05, 0) is 6.42 Å². The topological polar surface area (TPSA) is 129 Å². The third-order valence-electron chi connectivity index (χ3n) is 6.71. The number of unbranched alkanes of at least 4 members (excludes halogenated alkanes) is 13. The Hall–Kier alpha value is -0.320. The normalized spacial score (nSPS) is 26.1. The van der Waals surface area contributed by atoms with Crippen LogP contribution in [0.2, 0.25) is 0 Å². The van der Waals surface area contributed by atoms with Crippen molar-refractivity contribution in [3.05, 3.63) is 0 Å². The molecule has 0 radical (unpaired) electrons. The summed E-state index contributed by atoms with van der Waals surface area (Å²) in [6, 6.07) is -0.855. The highest BCUT2D eigenvalue weighted by molar-refractivity contribution is 4.92. The van der Waals surface area contributed by atoms with Gasteiger partial charge in [0, 0.05) is 20.3 Å². The molecule has 34 heavy (non-hydrogen) atoms. The van der Waals surface area contributed by atoms with Crippen LogP contribution in [0.4, 0.5) is 0 Å². The van der Waals surface area contributed by atoms with Crippen LogP contribution in [-0.4, -0.2) is 80.4 Å². The molecule has 6 N–H and O–H groups in total. The second-order valence-electron chi connectivity index (χ2n) is 9.70. The molecule has 0 aromatic carbocycles. The van der Waals surface area contributed by atoms with E-state index in [-0.39, 0.29) is 19.3 Å². The van der Waals surface area contributed by atoms with Crippen LogP contribution in [0.5, 0.6) is 0 Å². The summed E-state index contributed by atoms with van der Waals surface area (Å²) < 4.78 is 22.5. The predicted octanol–water partition coefficient (Wildman–Crippen LogP) is 3.25. The Morgan fingerprint density at radius 2 is 1.32 bits per heavy atom. The summed E-state index contributed by atoms with van der Waals surface area (Å²) in [7, 11) is 1.60. The zero-order valence-corrected chi connectivity index (χ0v) is 21.9. The maximum atomic E-state index is 10.1. The van der Waals surface area contributed by atoms with Crippen molar-refractivity contribution in [1.82, 2.24) is 0 Å². The average Bonchev–Trinajstić information content (AvgIpc) is 2.85. The summed E-state index contributed by atoms with van der Waals surface area (Å²) in [6.07, 6.45) is 14.6. The molecule has 0 aliphatic carbocycles. The summed E-state index contributed by atoms with van der Waals surface area (Å²) in [4.78, 5) is 0. The molecule has 0 aromatic heterocycles. The van der Waals surface area contributed by atoms with Crippen LogP contribution in [0.3, 0.4) is 0 Å². The van der Waals surface area contributed by atoms with E-state index in [0.29, 0.717) is 13.2 Å². The van der Waals surface area contributed by atoms with E-state index in [0.717, 1.165) is 6.42 Å². The van der Waals surface area contributed by atoms with Gasteiger partial charge in [0.1, 0.15) is 24.4 Å². The molecular formula is C26H54N2O6. The van der Waals surface area contributed by atoms with Crippen molar-refractivity contribution in [1.29, 1.82) is 0 Å². The van der Waals surface area contributed by atoms with Gasteiger partial charge in [-0.15, -0.1) is 0 Å². The van der Waals surface area contributed by atoms with Gasteiger partial charge in [0.2, 0.25) is 0 Å². The van der Waals surface area contributed by atoms with Crippen molar-refractivity contribution in [2.75, 3.05) is 33.5 Å². The Morgan fingerprint density at radius 1 is 0.794 bits per heavy atom. The molecule has 1 saturated heterocycles. The van der Waals surface area contributed by atoms with E-state index in [1.165, 1.54) is 83.5 Å². The van der Waals surface area contributed by atoms with Crippen LogP contribution in [-0.2, 0) is 18.9 Å². The van der Waals surface area contributed by atoms with Crippen molar-refractivity contribution < 1.29 is 29.2 Å². The summed E-state index contributed by atoms with van der Waals surface area (Å²) in [5.74, 6) is 0. The van der Waals surface area contributed by atoms with Crippen molar-refractivity contribution in [2.45, 2.75) is 134 Å². The van der Waals surface area contributed by atoms with Crippen molar-refractivity contribution in [3.8, 4) is 0 Å². The fourth-order valence-electron chi connectivity index (χ4n) is 4.30. The van der Waals surface area contributed by atoms with Gasteiger partial charge in [-0.25, -0.2) is 0 Å². The molecule has 204 valence electrons. The van der Waals surface area contributed by atoms with Crippen LogP contribution >= 0.6 is 0 Å². The molecule has 0 aromatic rings. The highest BCUT2D eigenvalue weighted by Crippen LogP contribution is 2.20. The Balaban J connectivity index is 1.97. The smallest absolute Gasteiger partial charge is 0.175 e. The highest BCUT2D eigenvalue weighted by Gasteiger charge is 2.42. The number of hydrogen-bond acceptors (Lipinski definition) is 8. The fraction of sp³-hybridized carbons (Fsp3) is 1.00. The molecule has 1 heterocycles. The highest BCUT2D eigenvalue weighted by atomic mass is 16.7. The van der Waals surface area contributed by atoms with Crippen LogP contribution in [0.15, 0.2) is 0 Å². The van der Waals surface area contributed by atoms with Gasteiger partial charge in [0.15, 0.2) is 6.29 Å². The third kappa shape index (κ3) is 13.7. The lowest BCUT2D eigenvalue weighted by molar-refractivity contribution is -0.263. The van der Waals surface area contributed by atoms with Crippen molar-refractivity contribution >= 4 is 0 Å². The lowest BCUT2D eigenvalue weighted by Gasteiger charge is -2.40. The summed E-state index contributed by atoms with van der Waals surface area (Å²) in [5, 5.41) is 20.0. The molecule has 1 rings (SSSR count). The standard InChI is InChI=1S/C26H54N2O6/c1-3-4-5-6-7-8-9-10-11-12-13-14-15-16-17-32-19-21(31-2)20-33-26-23(28)25(30)24(29)22(18-27)34-26/h21-26,29-30H,3-20,27-28H2,1-2H3/t21-,22+,23+,24+,25+,26?/m0/s1. The molecule has 1 aliphatic heterocycles. The Labute approximate surface area is 208 Å². The number of ether oxygens (including phenoxy) is 4. The number of rotatable bonds is 22. The van der Waals surface area contributed by atoms with Crippen LogP contribution in [0.1, 0.15) is 96.8 Å².